The van der Waals surface area contributed by atoms with Gasteiger partial charge in [-0.1, -0.05) is 24.3 Å². The third kappa shape index (κ3) is 3.98. The standard InChI is InChI=1S/C15H18N2OS/c1-12-4-2-3-5-14(12)11-19(18)10-13-6-7-17-15(8-13)9-16/h2-8H,9-11,16H2,1H3. The van der Waals surface area contributed by atoms with Crippen LogP contribution in [0.15, 0.2) is 42.6 Å². The molecule has 2 aromatic rings. The molecule has 0 radical (unpaired) electrons. The summed E-state index contributed by atoms with van der Waals surface area (Å²) < 4.78 is 12.2. The molecule has 0 amide bonds. The molecule has 2 N–H and O–H groups in total. The van der Waals surface area contributed by atoms with E-state index in [1.807, 2.05) is 43.3 Å². The Bertz CT molecular complexity index is 584. The number of nitrogens with two attached hydrogens (primary N) is 1. The quantitative estimate of drug-likeness (QED) is 0.910. The second-order valence-electron chi connectivity index (χ2n) is 4.51. The summed E-state index contributed by atoms with van der Waals surface area (Å²) in [6.07, 6.45) is 1.72. The Labute approximate surface area is 116 Å². The van der Waals surface area contributed by atoms with E-state index in [4.69, 9.17) is 5.73 Å². The van der Waals surface area contributed by atoms with Crippen molar-refractivity contribution in [1.82, 2.24) is 4.98 Å². The van der Waals surface area contributed by atoms with E-state index in [2.05, 4.69) is 4.98 Å². The van der Waals surface area contributed by atoms with Crippen molar-refractivity contribution in [2.75, 3.05) is 0 Å². The van der Waals surface area contributed by atoms with Crippen molar-refractivity contribution in [3.05, 3.63) is 65.0 Å². The van der Waals surface area contributed by atoms with E-state index in [1.54, 1.807) is 6.20 Å². The monoisotopic (exact) mass is 274 g/mol. The zero-order valence-corrected chi connectivity index (χ0v) is 11.8. The molecule has 0 aliphatic carbocycles. The minimum atomic E-state index is -0.911. The third-order valence-electron chi connectivity index (χ3n) is 3.00. The highest BCUT2D eigenvalue weighted by molar-refractivity contribution is 7.83. The molecule has 1 aromatic carbocycles. The van der Waals surface area contributed by atoms with Gasteiger partial charge in [0.2, 0.25) is 0 Å². The van der Waals surface area contributed by atoms with Crippen LogP contribution < -0.4 is 5.73 Å². The van der Waals surface area contributed by atoms with Crippen LogP contribution in [0.25, 0.3) is 0 Å². The van der Waals surface area contributed by atoms with Crippen molar-refractivity contribution in [2.45, 2.75) is 25.0 Å². The Hall–Kier alpha value is -1.52. The first-order valence-corrected chi connectivity index (χ1v) is 7.71. The fourth-order valence-corrected chi connectivity index (χ4v) is 3.24. The maximum absolute atomic E-state index is 12.2. The van der Waals surface area contributed by atoms with Gasteiger partial charge in [0.25, 0.3) is 0 Å². The normalized spacial score (nSPS) is 12.3. The average molecular weight is 274 g/mol. The molecule has 0 saturated carbocycles. The molecule has 1 atom stereocenters. The molecule has 4 heteroatoms. The van der Waals surface area contributed by atoms with Crippen LogP contribution in [-0.4, -0.2) is 9.19 Å². The summed E-state index contributed by atoms with van der Waals surface area (Å²) >= 11 is 0. The highest BCUT2D eigenvalue weighted by Gasteiger charge is 2.06. The van der Waals surface area contributed by atoms with Crippen LogP contribution in [-0.2, 0) is 28.9 Å². The molecule has 2 rings (SSSR count). The fraction of sp³-hybridized carbons (Fsp3) is 0.267. The van der Waals surface area contributed by atoms with E-state index in [1.165, 1.54) is 5.56 Å². The second kappa shape index (κ2) is 6.59. The number of hydrogen-bond donors (Lipinski definition) is 1. The maximum Gasteiger partial charge on any atom is 0.0542 e. The predicted molar refractivity (Wildman–Crippen MR) is 78.9 cm³/mol. The first-order valence-electron chi connectivity index (χ1n) is 6.22. The van der Waals surface area contributed by atoms with Gasteiger partial charge in [-0.15, -0.1) is 0 Å². The lowest BCUT2D eigenvalue weighted by Crippen LogP contribution is -2.04. The smallest absolute Gasteiger partial charge is 0.0542 e. The van der Waals surface area contributed by atoms with E-state index in [9.17, 15) is 4.21 Å². The lowest BCUT2D eigenvalue weighted by atomic mass is 10.1. The van der Waals surface area contributed by atoms with Crippen molar-refractivity contribution in [3.63, 3.8) is 0 Å². The number of hydrogen-bond acceptors (Lipinski definition) is 3. The zero-order chi connectivity index (χ0) is 13.7. The SMILES string of the molecule is Cc1ccccc1CS(=O)Cc1ccnc(CN)c1. The third-order valence-corrected chi connectivity index (χ3v) is 4.28. The summed E-state index contributed by atoms with van der Waals surface area (Å²) in [7, 11) is -0.911. The molecule has 19 heavy (non-hydrogen) atoms. The van der Waals surface area contributed by atoms with Gasteiger partial charge in [-0.05, 0) is 35.7 Å². The predicted octanol–water partition coefficient (Wildman–Crippen LogP) is 2.30. The van der Waals surface area contributed by atoms with Crippen LogP contribution >= 0.6 is 0 Å². The highest BCUT2D eigenvalue weighted by Crippen LogP contribution is 2.13. The average Bonchev–Trinajstić information content (AvgIpc) is 2.41. The molecule has 100 valence electrons. The zero-order valence-electron chi connectivity index (χ0n) is 11.0. The summed E-state index contributed by atoms with van der Waals surface area (Å²) in [4.78, 5) is 4.14. The molecule has 0 bridgehead atoms. The van der Waals surface area contributed by atoms with Gasteiger partial charge in [0.1, 0.15) is 0 Å². The van der Waals surface area contributed by atoms with Crippen molar-refractivity contribution in [2.24, 2.45) is 5.73 Å². The minimum Gasteiger partial charge on any atom is -0.325 e. The Kier molecular flexibility index (Phi) is 4.82. The molecular formula is C15H18N2OS. The topological polar surface area (TPSA) is 56.0 Å². The molecule has 1 unspecified atom stereocenters. The van der Waals surface area contributed by atoms with Crippen LogP contribution in [0.5, 0.6) is 0 Å². The molecule has 0 fully saturated rings. The maximum atomic E-state index is 12.2. The molecule has 1 heterocycles. The Morgan fingerprint density at radius 1 is 1.21 bits per heavy atom. The molecule has 0 aliphatic heterocycles. The molecular weight excluding hydrogens is 256 g/mol. The number of aryl methyl sites for hydroxylation is 1. The van der Waals surface area contributed by atoms with Crippen LogP contribution in [0.1, 0.15) is 22.4 Å². The number of benzene rings is 1. The second-order valence-corrected chi connectivity index (χ2v) is 5.97. The van der Waals surface area contributed by atoms with Crippen LogP contribution in [0.2, 0.25) is 0 Å². The first kappa shape index (κ1) is 13.9. The van der Waals surface area contributed by atoms with Gasteiger partial charge in [-0.25, -0.2) is 0 Å². The van der Waals surface area contributed by atoms with E-state index >= 15 is 0 Å². The van der Waals surface area contributed by atoms with Crippen molar-refractivity contribution >= 4 is 10.8 Å². The van der Waals surface area contributed by atoms with Gasteiger partial charge in [0, 0.05) is 35.0 Å². The number of aromatic nitrogens is 1. The van der Waals surface area contributed by atoms with Crippen molar-refractivity contribution in [3.8, 4) is 0 Å². The van der Waals surface area contributed by atoms with Gasteiger partial charge in [0.15, 0.2) is 0 Å². The van der Waals surface area contributed by atoms with Crippen LogP contribution in [0.3, 0.4) is 0 Å². The molecule has 3 nitrogen and oxygen atoms in total. The first-order chi connectivity index (χ1) is 9.19. The Morgan fingerprint density at radius 2 is 2.00 bits per heavy atom. The number of nitrogens with zero attached hydrogens (tertiary/aromatic N) is 1. The fourth-order valence-electron chi connectivity index (χ4n) is 1.91. The lowest BCUT2D eigenvalue weighted by molar-refractivity contribution is 0.682. The number of rotatable bonds is 5. The van der Waals surface area contributed by atoms with Gasteiger partial charge < -0.3 is 5.73 Å². The Balaban J connectivity index is 2.03. The van der Waals surface area contributed by atoms with Gasteiger partial charge in [0.05, 0.1) is 5.69 Å². The highest BCUT2D eigenvalue weighted by atomic mass is 32.2. The number of pyridine rings is 1. The minimum absolute atomic E-state index is 0.415. The van der Waals surface area contributed by atoms with Gasteiger partial charge in [-0.2, -0.15) is 0 Å². The lowest BCUT2D eigenvalue weighted by Gasteiger charge is -2.06. The van der Waals surface area contributed by atoms with Gasteiger partial charge in [-0.3, -0.25) is 9.19 Å². The van der Waals surface area contributed by atoms with Crippen LogP contribution in [0.4, 0.5) is 0 Å². The molecule has 0 spiro atoms. The van der Waals surface area contributed by atoms with E-state index < -0.39 is 10.8 Å². The molecule has 1 aromatic heterocycles. The van der Waals surface area contributed by atoms with E-state index in [-0.39, 0.29) is 0 Å². The van der Waals surface area contributed by atoms with Crippen molar-refractivity contribution in [1.29, 1.82) is 0 Å². The summed E-state index contributed by atoms with van der Waals surface area (Å²) in [6.45, 7) is 2.46. The summed E-state index contributed by atoms with van der Waals surface area (Å²) in [6, 6.07) is 11.9. The summed E-state index contributed by atoms with van der Waals surface area (Å²) in [5.41, 5.74) is 9.76. The van der Waals surface area contributed by atoms with E-state index in [0.29, 0.717) is 18.1 Å². The van der Waals surface area contributed by atoms with Crippen molar-refractivity contribution < 1.29 is 4.21 Å². The van der Waals surface area contributed by atoms with E-state index in [0.717, 1.165) is 16.8 Å². The summed E-state index contributed by atoms with van der Waals surface area (Å²) in [5.74, 6) is 1.14. The molecule has 0 saturated heterocycles. The molecule has 0 aliphatic rings. The van der Waals surface area contributed by atoms with Gasteiger partial charge >= 0.3 is 0 Å². The van der Waals surface area contributed by atoms with Crippen LogP contribution in [0, 0.1) is 6.92 Å². The summed E-state index contributed by atoms with van der Waals surface area (Å²) in [5, 5.41) is 0. The Morgan fingerprint density at radius 3 is 2.74 bits per heavy atom. The largest absolute Gasteiger partial charge is 0.325 e.